The van der Waals surface area contributed by atoms with E-state index in [0.29, 0.717) is 0 Å². The Bertz CT molecular complexity index is 664. The van der Waals surface area contributed by atoms with Gasteiger partial charge in [-0.05, 0) is 38.0 Å². The van der Waals surface area contributed by atoms with Crippen molar-refractivity contribution in [1.82, 2.24) is 4.31 Å². The Morgan fingerprint density at radius 3 is 2.67 bits per heavy atom. The molecule has 8 heteroatoms. The number of carbonyl (C=O) groups is 1. The van der Waals surface area contributed by atoms with Crippen LogP contribution in [0.15, 0.2) is 23.1 Å². The van der Waals surface area contributed by atoms with Crippen LogP contribution in [0.5, 0.6) is 0 Å². The van der Waals surface area contributed by atoms with Crippen LogP contribution in [0.4, 0.5) is 4.39 Å². The molecule has 0 amide bonds. The highest BCUT2D eigenvalue weighted by atomic mass is 35.5. The summed E-state index contributed by atoms with van der Waals surface area (Å²) in [4.78, 5) is 10.9. The van der Waals surface area contributed by atoms with Crippen LogP contribution in [0.1, 0.15) is 19.8 Å². The SMILES string of the molecule is CC1CC(C(=O)O)CCN1S(=O)(=O)c1ccc(F)c(Cl)c1. The summed E-state index contributed by atoms with van der Waals surface area (Å²) >= 11 is 5.62. The first kappa shape index (κ1) is 16.2. The van der Waals surface area contributed by atoms with Crippen molar-refractivity contribution in [1.29, 1.82) is 0 Å². The van der Waals surface area contributed by atoms with Crippen LogP contribution in [-0.4, -0.2) is 36.4 Å². The lowest BCUT2D eigenvalue weighted by atomic mass is 9.93. The van der Waals surface area contributed by atoms with Crippen LogP contribution in [0.25, 0.3) is 0 Å². The van der Waals surface area contributed by atoms with E-state index in [1.807, 2.05) is 0 Å². The van der Waals surface area contributed by atoms with Crippen LogP contribution in [0.2, 0.25) is 5.02 Å². The molecule has 1 aromatic rings. The van der Waals surface area contributed by atoms with E-state index in [9.17, 15) is 17.6 Å². The number of carboxylic acid groups (broad SMARTS) is 1. The topological polar surface area (TPSA) is 74.7 Å². The second-order valence-electron chi connectivity index (χ2n) is 5.10. The van der Waals surface area contributed by atoms with Gasteiger partial charge in [0.1, 0.15) is 5.82 Å². The van der Waals surface area contributed by atoms with Gasteiger partial charge in [0.2, 0.25) is 10.0 Å². The molecule has 21 heavy (non-hydrogen) atoms. The summed E-state index contributed by atoms with van der Waals surface area (Å²) in [7, 11) is -3.81. The van der Waals surface area contributed by atoms with Gasteiger partial charge in [0.25, 0.3) is 0 Å². The van der Waals surface area contributed by atoms with E-state index < -0.39 is 33.8 Å². The fraction of sp³-hybridized carbons (Fsp3) is 0.462. The number of rotatable bonds is 3. The summed E-state index contributed by atoms with van der Waals surface area (Å²) < 4.78 is 39.5. The molecule has 5 nitrogen and oxygen atoms in total. The maximum Gasteiger partial charge on any atom is 0.306 e. The molecule has 1 heterocycles. The predicted octanol–water partition coefficient (Wildman–Crippen LogP) is 2.35. The molecule has 1 fully saturated rings. The Labute approximate surface area is 127 Å². The lowest BCUT2D eigenvalue weighted by molar-refractivity contribution is -0.143. The largest absolute Gasteiger partial charge is 0.481 e. The molecular weight excluding hydrogens is 321 g/mol. The molecule has 116 valence electrons. The fourth-order valence-electron chi connectivity index (χ4n) is 2.50. The first-order chi connectivity index (χ1) is 9.73. The van der Waals surface area contributed by atoms with Crippen LogP contribution >= 0.6 is 11.6 Å². The molecule has 0 saturated carbocycles. The van der Waals surface area contributed by atoms with Gasteiger partial charge in [-0.25, -0.2) is 12.8 Å². The Hall–Kier alpha value is -1.18. The smallest absolute Gasteiger partial charge is 0.306 e. The lowest BCUT2D eigenvalue weighted by Gasteiger charge is -2.35. The van der Waals surface area contributed by atoms with Gasteiger partial charge in [-0.3, -0.25) is 4.79 Å². The predicted molar refractivity (Wildman–Crippen MR) is 75.1 cm³/mol. The minimum absolute atomic E-state index is 0.0884. The second kappa shape index (κ2) is 5.90. The van der Waals surface area contributed by atoms with Crippen molar-refractivity contribution in [2.45, 2.75) is 30.7 Å². The third kappa shape index (κ3) is 3.20. The molecule has 0 aliphatic carbocycles. The number of halogens is 2. The monoisotopic (exact) mass is 335 g/mol. The zero-order chi connectivity index (χ0) is 15.8. The Morgan fingerprint density at radius 2 is 2.14 bits per heavy atom. The molecule has 1 aliphatic heterocycles. The Morgan fingerprint density at radius 1 is 1.48 bits per heavy atom. The quantitative estimate of drug-likeness (QED) is 0.920. The van der Waals surface area contributed by atoms with Gasteiger partial charge >= 0.3 is 5.97 Å². The summed E-state index contributed by atoms with van der Waals surface area (Å²) in [5.41, 5.74) is 0. The number of piperidine rings is 1. The molecule has 2 rings (SSSR count). The van der Waals surface area contributed by atoms with Gasteiger partial charge in [-0.1, -0.05) is 11.6 Å². The van der Waals surface area contributed by atoms with Crippen molar-refractivity contribution in [3.05, 3.63) is 29.0 Å². The molecule has 0 aromatic heterocycles. The summed E-state index contributed by atoms with van der Waals surface area (Å²) in [5.74, 6) is -2.14. The Balaban J connectivity index is 2.28. The van der Waals surface area contributed by atoms with E-state index in [1.54, 1.807) is 6.92 Å². The van der Waals surface area contributed by atoms with Gasteiger partial charge < -0.3 is 5.11 Å². The zero-order valence-electron chi connectivity index (χ0n) is 11.3. The molecule has 2 unspecified atom stereocenters. The molecular formula is C13H15ClFNO4S. The number of aliphatic carboxylic acids is 1. The number of sulfonamides is 1. The van der Waals surface area contributed by atoms with Crippen molar-refractivity contribution >= 4 is 27.6 Å². The van der Waals surface area contributed by atoms with Gasteiger partial charge in [-0.2, -0.15) is 4.31 Å². The number of carboxylic acids is 1. The normalized spacial score (nSPS) is 24.0. The number of hydrogen-bond donors (Lipinski definition) is 1. The summed E-state index contributed by atoms with van der Waals surface area (Å²) in [6.07, 6.45) is 0.511. The average molecular weight is 336 g/mol. The highest BCUT2D eigenvalue weighted by molar-refractivity contribution is 7.89. The maximum atomic E-state index is 13.1. The van der Waals surface area contributed by atoms with Crippen molar-refractivity contribution < 1.29 is 22.7 Å². The summed E-state index contributed by atoms with van der Waals surface area (Å²) in [6.45, 7) is 1.78. The molecule has 0 spiro atoms. The van der Waals surface area contributed by atoms with E-state index in [0.717, 1.165) is 18.2 Å². The van der Waals surface area contributed by atoms with Gasteiger partial charge in [0.05, 0.1) is 15.8 Å². The van der Waals surface area contributed by atoms with E-state index >= 15 is 0 Å². The van der Waals surface area contributed by atoms with Crippen molar-refractivity contribution in [3.8, 4) is 0 Å². The molecule has 1 N–H and O–H groups in total. The highest BCUT2D eigenvalue weighted by Gasteiger charge is 2.36. The van der Waals surface area contributed by atoms with E-state index in [2.05, 4.69) is 0 Å². The molecule has 0 bridgehead atoms. The van der Waals surface area contributed by atoms with Gasteiger partial charge in [0.15, 0.2) is 0 Å². The molecule has 0 radical (unpaired) electrons. The molecule has 1 aliphatic rings. The van der Waals surface area contributed by atoms with Gasteiger partial charge in [0, 0.05) is 12.6 Å². The van der Waals surface area contributed by atoms with E-state index in [1.165, 1.54) is 4.31 Å². The summed E-state index contributed by atoms with van der Waals surface area (Å²) in [6, 6.07) is 2.80. The highest BCUT2D eigenvalue weighted by Crippen LogP contribution is 2.30. The van der Waals surface area contributed by atoms with Crippen LogP contribution in [0, 0.1) is 11.7 Å². The molecule has 2 atom stereocenters. The average Bonchev–Trinajstić information content (AvgIpc) is 2.41. The third-order valence-corrected chi connectivity index (χ3v) is 5.96. The fourth-order valence-corrected chi connectivity index (χ4v) is 4.43. The third-order valence-electron chi connectivity index (χ3n) is 3.66. The zero-order valence-corrected chi connectivity index (χ0v) is 12.9. The van der Waals surface area contributed by atoms with Gasteiger partial charge in [-0.15, -0.1) is 0 Å². The van der Waals surface area contributed by atoms with Crippen molar-refractivity contribution in [3.63, 3.8) is 0 Å². The maximum absolute atomic E-state index is 13.1. The van der Waals surface area contributed by atoms with Crippen LogP contribution in [-0.2, 0) is 14.8 Å². The number of hydrogen-bond acceptors (Lipinski definition) is 3. The second-order valence-corrected chi connectivity index (χ2v) is 7.40. The summed E-state index contributed by atoms with van der Waals surface area (Å²) in [5, 5.41) is 8.74. The lowest BCUT2D eigenvalue weighted by Crippen LogP contribution is -2.45. The standard InChI is InChI=1S/C13H15ClFNO4S/c1-8-6-9(13(17)18)4-5-16(8)21(19,20)10-2-3-12(15)11(14)7-10/h2-3,7-9H,4-6H2,1H3,(H,17,18). The number of benzene rings is 1. The van der Waals surface area contributed by atoms with Crippen LogP contribution in [0.3, 0.4) is 0 Å². The first-order valence-electron chi connectivity index (χ1n) is 6.43. The minimum Gasteiger partial charge on any atom is -0.481 e. The van der Waals surface area contributed by atoms with Crippen molar-refractivity contribution in [2.24, 2.45) is 5.92 Å². The molecule has 1 aromatic carbocycles. The van der Waals surface area contributed by atoms with E-state index in [-0.39, 0.29) is 29.3 Å². The van der Waals surface area contributed by atoms with Crippen LogP contribution < -0.4 is 0 Å². The van der Waals surface area contributed by atoms with E-state index in [4.69, 9.17) is 16.7 Å². The molecule has 1 saturated heterocycles. The minimum atomic E-state index is -3.81. The first-order valence-corrected chi connectivity index (χ1v) is 8.25. The van der Waals surface area contributed by atoms with Crippen molar-refractivity contribution in [2.75, 3.05) is 6.54 Å². The Kier molecular flexibility index (Phi) is 4.55. The number of nitrogens with zero attached hydrogens (tertiary/aromatic N) is 1.